The first-order chi connectivity index (χ1) is 6.72. The van der Waals surface area contributed by atoms with Crippen molar-refractivity contribution in [3.8, 4) is 5.75 Å². The zero-order chi connectivity index (χ0) is 10.4. The number of rotatable bonds is 2. The molecule has 4 nitrogen and oxygen atoms in total. The SMILES string of the molecule is C=CC(=O)NC(=O)Oc1ccccc1. The summed E-state index contributed by atoms with van der Waals surface area (Å²) in [5.74, 6) is -0.215. The molecule has 0 aliphatic heterocycles. The van der Waals surface area contributed by atoms with E-state index in [9.17, 15) is 9.59 Å². The molecule has 14 heavy (non-hydrogen) atoms. The van der Waals surface area contributed by atoms with Crippen LogP contribution in [0.25, 0.3) is 0 Å². The van der Waals surface area contributed by atoms with Crippen LogP contribution in [0, 0.1) is 0 Å². The number of hydrogen-bond donors (Lipinski definition) is 1. The third-order valence-corrected chi connectivity index (χ3v) is 1.36. The number of ether oxygens (including phenoxy) is 1. The topological polar surface area (TPSA) is 55.4 Å². The van der Waals surface area contributed by atoms with Crippen LogP contribution in [0.5, 0.6) is 5.75 Å². The van der Waals surface area contributed by atoms with Gasteiger partial charge in [0.25, 0.3) is 5.91 Å². The Morgan fingerprint density at radius 3 is 2.50 bits per heavy atom. The smallest absolute Gasteiger partial charge is 0.410 e. The molecule has 4 heteroatoms. The van der Waals surface area contributed by atoms with Crippen molar-refractivity contribution >= 4 is 12.0 Å². The van der Waals surface area contributed by atoms with Crippen LogP contribution >= 0.6 is 0 Å². The van der Waals surface area contributed by atoms with Crippen molar-refractivity contribution in [3.05, 3.63) is 43.0 Å². The number of carbonyl (C=O) groups is 2. The largest absolute Gasteiger partial charge is 0.419 e. The van der Waals surface area contributed by atoms with Crippen LogP contribution < -0.4 is 10.1 Å². The molecule has 0 fully saturated rings. The van der Waals surface area contributed by atoms with Crippen molar-refractivity contribution in [2.45, 2.75) is 0 Å². The number of benzene rings is 1. The quantitative estimate of drug-likeness (QED) is 0.720. The zero-order valence-electron chi connectivity index (χ0n) is 7.40. The average Bonchev–Trinajstić information content (AvgIpc) is 2.19. The molecular formula is C10H9NO3. The Bertz CT molecular complexity index is 346. The summed E-state index contributed by atoms with van der Waals surface area (Å²) in [6, 6.07) is 8.45. The van der Waals surface area contributed by atoms with Gasteiger partial charge in [0.05, 0.1) is 0 Å². The van der Waals surface area contributed by atoms with E-state index in [1.54, 1.807) is 30.3 Å². The van der Waals surface area contributed by atoms with Gasteiger partial charge in [0, 0.05) is 0 Å². The number of nitrogens with one attached hydrogen (secondary N) is 1. The maximum absolute atomic E-state index is 11.0. The van der Waals surface area contributed by atoms with Gasteiger partial charge in [-0.1, -0.05) is 24.8 Å². The van der Waals surface area contributed by atoms with Crippen LogP contribution in [0.2, 0.25) is 0 Å². The summed E-state index contributed by atoms with van der Waals surface area (Å²) in [4.78, 5) is 21.7. The molecule has 0 aliphatic carbocycles. The molecule has 1 N–H and O–H groups in total. The van der Waals surface area contributed by atoms with Gasteiger partial charge in [0.15, 0.2) is 0 Å². The zero-order valence-corrected chi connectivity index (χ0v) is 7.40. The fraction of sp³-hybridized carbons (Fsp3) is 0. The van der Waals surface area contributed by atoms with E-state index >= 15 is 0 Å². The molecule has 1 rings (SSSR count). The second-order valence-electron chi connectivity index (χ2n) is 2.40. The van der Waals surface area contributed by atoms with E-state index in [1.165, 1.54) is 0 Å². The van der Waals surface area contributed by atoms with Gasteiger partial charge in [-0.05, 0) is 18.2 Å². The molecule has 0 aliphatic rings. The highest BCUT2D eigenvalue weighted by atomic mass is 16.6. The van der Waals surface area contributed by atoms with Crippen LogP contribution in [-0.2, 0) is 4.79 Å². The van der Waals surface area contributed by atoms with Gasteiger partial charge in [-0.25, -0.2) is 4.79 Å². The monoisotopic (exact) mass is 191 g/mol. The number of carbonyl (C=O) groups excluding carboxylic acids is 2. The van der Waals surface area contributed by atoms with Gasteiger partial charge in [-0.3, -0.25) is 10.1 Å². The minimum atomic E-state index is -0.818. The van der Waals surface area contributed by atoms with Crippen molar-refractivity contribution in [2.75, 3.05) is 0 Å². The lowest BCUT2D eigenvalue weighted by molar-refractivity contribution is -0.115. The Morgan fingerprint density at radius 1 is 1.29 bits per heavy atom. The Balaban J connectivity index is 2.50. The van der Waals surface area contributed by atoms with Crippen LogP contribution in [0.15, 0.2) is 43.0 Å². The van der Waals surface area contributed by atoms with Gasteiger partial charge in [-0.15, -0.1) is 0 Å². The molecule has 0 saturated carbocycles. The van der Waals surface area contributed by atoms with Crippen molar-refractivity contribution in [3.63, 3.8) is 0 Å². The molecule has 1 aromatic rings. The summed E-state index contributed by atoms with van der Waals surface area (Å²) in [5.41, 5.74) is 0. The molecule has 2 amide bonds. The van der Waals surface area contributed by atoms with Gasteiger partial charge in [0.2, 0.25) is 0 Å². The Morgan fingerprint density at radius 2 is 1.93 bits per heavy atom. The standard InChI is InChI=1S/C10H9NO3/c1-2-9(12)11-10(13)14-8-6-4-3-5-7-8/h2-7H,1H2,(H,11,12,13). The third-order valence-electron chi connectivity index (χ3n) is 1.36. The molecule has 0 spiro atoms. The number of imide groups is 1. The van der Waals surface area contributed by atoms with Gasteiger partial charge in [0.1, 0.15) is 5.75 Å². The fourth-order valence-electron chi connectivity index (χ4n) is 0.773. The molecule has 1 aromatic carbocycles. The molecule has 72 valence electrons. The van der Waals surface area contributed by atoms with Crippen molar-refractivity contribution in [1.29, 1.82) is 0 Å². The summed E-state index contributed by atoms with van der Waals surface area (Å²) < 4.78 is 4.77. The molecule has 0 unspecified atom stereocenters. The van der Waals surface area contributed by atoms with Crippen LogP contribution in [0.4, 0.5) is 4.79 Å². The fourth-order valence-corrected chi connectivity index (χ4v) is 0.773. The Kier molecular flexibility index (Phi) is 3.43. The van der Waals surface area contributed by atoms with E-state index in [0.717, 1.165) is 6.08 Å². The van der Waals surface area contributed by atoms with Crippen LogP contribution in [-0.4, -0.2) is 12.0 Å². The Hall–Kier alpha value is -2.10. The first-order valence-corrected chi connectivity index (χ1v) is 3.92. The lowest BCUT2D eigenvalue weighted by Crippen LogP contribution is -2.31. The third kappa shape index (κ3) is 3.10. The van der Waals surface area contributed by atoms with E-state index in [0.29, 0.717) is 5.75 Å². The highest BCUT2D eigenvalue weighted by molar-refractivity contribution is 5.98. The first-order valence-electron chi connectivity index (χ1n) is 3.92. The summed E-state index contributed by atoms with van der Waals surface area (Å²) in [7, 11) is 0. The van der Waals surface area contributed by atoms with Crippen molar-refractivity contribution in [1.82, 2.24) is 5.32 Å². The minimum Gasteiger partial charge on any atom is -0.410 e. The second kappa shape index (κ2) is 4.81. The van der Waals surface area contributed by atoms with Crippen LogP contribution in [0.3, 0.4) is 0 Å². The summed E-state index contributed by atoms with van der Waals surface area (Å²) in [5, 5.41) is 1.96. The van der Waals surface area contributed by atoms with Gasteiger partial charge in [-0.2, -0.15) is 0 Å². The van der Waals surface area contributed by atoms with Crippen LogP contribution in [0.1, 0.15) is 0 Å². The molecule has 0 atom stereocenters. The maximum atomic E-state index is 11.0. The normalized spacial score (nSPS) is 8.86. The maximum Gasteiger partial charge on any atom is 0.419 e. The second-order valence-corrected chi connectivity index (χ2v) is 2.40. The van der Waals surface area contributed by atoms with Crippen molar-refractivity contribution < 1.29 is 14.3 Å². The highest BCUT2D eigenvalue weighted by Gasteiger charge is 2.05. The number of amides is 2. The Labute approximate surface area is 81.2 Å². The predicted molar refractivity (Wildman–Crippen MR) is 50.8 cm³/mol. The number of para-hydroxylation sites is 1. The van der Waals surface area contributed by atoms with Crippen molar-refractivity contribution in [2.24, 2.45) is 0 Å². The molecule has 0 saturated heterocycles. The van der Waals surface area contributed by atoms with Gasteiger partial charge < -0.3 is 4.74 Å². The van der Waals surface area contributed by atoms with E-state index in [2.05, 4.69) is 6.58 Å². The lowest BCUT2D eigenvalue weighted by Gasteiger charge is -2.02. The van der Waals surface area contributed by atoms with E-state index in [1.807, 2.05) is 5.32 Å². The average molecular weight is 191 g/mol. The summed E-state index contributed by atoms with van der Waals surface area (Å²) in [6.45, 7) is 3.20. The summed E-state index contributed by atoms with van der Waals surface area (Å²) in [6.07, 6.45) is 0.174. The molecule has 0 bridgehead atoms. The predicted octanol–water partition coefficient (Wildman–Crippen LogP) is 1.49. The van der Waals surface area contributed by atoms with E-state index < -0.39 is 12.0 Å². The molecule has 0 radical (unpaired) electrons. The van der Waals surface area contributed by atoms with Gasteiger partial charge >= 0.3 is 6.09 Å². The van der Waals surface area contributed by atoms with E-state index in [4.69, 9.17) is 4.74 Å². The summed E-state index contributed by atoms with van der Waals surface area (Å²) >= 11 is 0. The molecular weight excluding hydrogens is 182 g/mol. The molecule has 0 aromatic heterocycles. The first kappa shape index (κ1) is 9.98. The highest BCUT2D eigenvalue weighted by Crippen LogP contribution is 2.07. The number of hydrogen-bond acceptors (Lipinski definition) is 3. The lowest BCUT2D eigenvalue weighted by atomic mass is 10.3. The molecule has 0 heterocycles. The minimum absolute atomic E-state index is 0.377. The van der Waals surface area contributed by atoms with E-state index in [-0.39, 0.29) is 0 Å².